The third kappa shape index (κ3) is 3.97. The number of halogens is 3. The largest absolute Gasteiger partial charge is 0.573 e. The average Bonchev–Trinajstić information content (AvgIpc) is 2.89. The molecule has 10 heteroatoms. The van der Waals surface area contributed by atoms with E-state index in [-0.39, 0.29) is 12.3 Å². The van der Waals surface area contributed by atoms with Gasteiger partial charge in [-0.1, -0.05) is 12.1 Å². The maximum absolute atomic E-state index is 12.2. The van der Waals surface area contributed by atoms with Crippen LogP contribution in [0.25, 0.3) is 10.2 Å². The Labute approximate surface area is 142 Å². The van der Waals surface area contributed by atoms with Crippen LogP contribution in [0.2, 0.25) is 0 Å². The molecular formula is C15H10F3N3O3S. The van der Waals surface area contributed by atoms with Gasteiger partial charge in [0.25, 0.3) is 5.56 Å². The average molecular weight is 369 g/mol. The first-order valence-corrected chi connectivity index (χ1v) is 7.71. The number of carbonyl (C=O) groups is 1. The van der Waals surface area contributed by atoms with E-state index in [4.69, 9.17) is 0 Å². The lowest BCUT2D eigenvalue weighted by atomic mass is 10.2. The van der Waals surface area contributed by atoms with E-state index in [0.29, 0.717) is 15.8 Å². The number of pyridine rings is 1. The van der Waals surface area contributed by atoms with Gasteiger partial charge in [0.1, 0.15) is 10.6 Å². The summed E-state index contributed by atoms with van der Waals surface area (Å²) < 4.78 is 41.4. The molecule has 0 bridgehead atoms. The molecule has 0 saturated heterocycles. The standard InChI is InChI=1S/C15H10F3N3O3S/c16-15(17,18)24-10-4-1-3-9(7-10)8-20-14(23)21-13(22)11-5-2-6-19-12(11)25-21/h1-7H,8H2,(H,20,23). The number of nitrogens with one attached hydrogen (secondary N) is 1. The van der Waals surface area contributed by atoms with E-state index >= 15 is 0 Å². The summed E-state index contributed by atoms with van der Waals surface area (Å²) in [6.07, 6.45) is -3.29. The van der Waals surface area contributed by atoms with Gasteiger partial charge in [-0.2, -0.15) is 3.96 Å². The predicted molar refractivity (Wildman–Crippen MR) is 84.6 cm³/mol. The summed E-state index contributed by atoms with van der Waals surface area (Å²) in [6.45, 7) is -0.0675. The predicted octanol–water partition coefficient (Wildman–Crippen LogP) is 3.11. The Kier molecular flexibility index (Phi) is 4.45. The molecule has 3 rings (SSSR count). The first-order chi connectivity index (χ1) is 11.8. The summed E-state index contributed by atoms with van der Waals surface area (Å²) >= 11 is 0.886. The van der Waals surface area contributed by atoms with E-state index < -0.39 is 18.0 Å². The first kappa shape index (κ1) is 17.0. The minimum absolute atomic E-state index is 0.0675. The monoisotopic (exact) mass is 369 g/mol. The van der Waals surface area contributed by atoms with E-state index in [0.717, 1.165) is 27.6 Å². The highest BCUT2D eigenvalue weighted by atomic mass is 32.1. The van der Waals surface area contributed by atoms with E-state index in [2.05, 4.69) is 15.0 Å². The molecule has 2 aromatic heterocycles. The van der Waals surface area contributed by atoms with Crippen molar-refractivity contribution in [2.45, 2.75) is 12.9 Å². The Bertz CT molecular complexity index is 981. The Morgan fingerprint density at radius 2 is 2.08 bits per heavy atom. The minimum atomic E-state index is -4.79. The molecule has 0 fully saturated rings. The highest BCUT2D eigenvalue weighted by Crippen LogP contribution is 2.23. The fraction of sp³-hybridized carbons (Fsp3) is 0.133. The van der Waals surface area contributed by atoms with Gasteiger partial charge in [-0.05, 0) is 41.4 Å². The molecule has 2 heterocycles. The molecule has 0 aliphatic heterocycles. The molecule has 25 heavy (non-hydrogen) atoms. The Morgan fingerprint density at radius 1 is 1.28 bits per heavy atom. The second kappa shape index (κ2) is 6.55. The van der Waals surface area contributed by atoms with E-state index in [1.54, 1.807) is 12.1 Å². The second-order valence-electron chi connectivity index (χ2n) is 4.90. The fourth-order valence-corrected chi connectivity index (χ4v) is 2.96. The van der Waals surface area contributed by atoms with Crippen LogP contribution in [-0.4, -0.2) is 21.3 Å². The number of benzene rings is 1. The lowest BCUT2D eigenvalue weighted by Gasteiger charge is -2.10. The smallest absolute Gasteiger partial charge is 0.406 e. The number of alkyl halides is 3. The van der Waals surface area contributed by atoms with Gasteiger partial charge < -0.3 is 10.1 Å². The maximum atomic E-state index is 12.2. The number of aromatic nitrogens is 2. The molecule has 1 N–H and O–H groups in total. The Balaban J connectivity index is 1.73. The molecule has 0 saturated carbocycles. The van der Waals surface area contributed by atoms with Crippen molar-refractivity contribution in [3.05, 3.63) is 58.5 Å². The van der Waals surface area contributed by atoms with Gasteiger partial charge in [-0.25, -0.2) is 9.78 Å². The summed E-state index contributed by atoms with van der Waals surface area (Å²) in [4.78, 5) is 28.7. The highest BCUT2D eigenvalue weighted by Gasteiger charge is 2.31. The zero-order valence-electron chi connectivity index (χ0n) is 12.4. The van der Waals surface area contributed by atoms with Crippen LogP contribution < -0.4 is 15.6 Å². The number of hydrogen-bond donors (Lipinski definition) is 1. The Hall–Kier alpha value is -2.88. The van der Waals surface area contributed by atoms with E-state index in [1.165, 1.54) is 18.3 Å². The molecule has 1 amide bonds. The van der Waals surface area contributed by atoms with Crippen molar-refractivity contribution >= 4 is 27.8 Å². The number of amides is 1. The lowest BCUT2D eigenvalue weighted by Crippen LogP contribution is -2.32. The van der Waals surface area contributed by atoms with Gasteiger partial charge in [0.15, 0.2) is 0 Å². The fourth-order valence-electron chi connectivity index (χ4n) is 2.10. The number of rotatable bonds is 3. The molecule has 6 nitrogen and oxygen atoms in total. The van der Waals surface area contributed by atoms with E-state index in [9.17, 15) is 22.8 Å². The quantitative estimate of drug-likeness (QED) is 0.770. The summed E-state index contributed by atoms with van der Waals surface area (Å²) in [5, 5.41) is 2.80. The summed E-state index contributed by atoms with van der Waals surface area (Å²) in [7, 11) is 0. The summed E-state index contributed by atoms with van der Waals surface area (Å²) in [5.41, 5.74) is -0.109. The van der Waals surface area contributed by atoms with Gasteiger partial charge in [-0.3, -0.25) is 4.79 Å². The summed E-state index contributed by atoms with van der Waals surface area (Å²) in [5.74, 6) is -0.387. The van der Waals surface area contributed by atoms with Gasteiger partial charge in [0.2, 0.25) is 0 Å². The van der Waals surface area contributed by atoms with Crippen molar-refractivity contribution in [2.75, 3.05) is 0 Å². The van der Waals surface area contributed by atoms with Crippen molar-refractivity contribution < 1.29 is 22.7 Å². The van der Waals surface area contributed by atoms with Gasteiger partial charge in [0.05, 0.1) is 5.39 Å². The molecule has 130 valence electrons. The van der Waals surface area contributed by atoms with Crippen LogP contribution in [0.15, 0.2) is 47.4 Å². The number of carbonyl (C=O) groups excluding carboxylic acids is 1. The minimum Gasteiger partial charge on any atom is -0.406 e. The first-order valence-electron chi connectivity index (χ1n) is 6.93. The lowest BCUT2D eigenvalue weighted by molar-refractivity contribution is -0.274. The van der Waals surface area contributed by atoms with Crippen LogP contribution in [0, 0.1) is 0 Å². The van der Waals surface area contributed by atoms with Crippen molar-refractivity contribution in [1.29, 1.82) is 0 Å². The van der Waals surface area contributed by atoms with Crippen molar-refractivity contribution in [3.63, 3.8) is 0 Å². The molecule has 0 unspecified atom stereocenters. The molecule has 0 atom stereocenters. The van der Waals surface area contributed by atoms with Crippen LogP contribution in [0.4, 0.5) is 18.0 Å². The normalized spacial score (nSPS) is 11.5. The molecule has 0 spiro atoms. The van der Waals surface area contributed by atoms with Gasteiger partial charge in [0, 0.05) is 12.7 Å². The molecule has 3 aromatic rings. The van der Waals surface area contributed by atoms with Gasteiger partial charge in [-0.15, -0.1) is 13.2 Å². The van der Waals surface area contributed by atoms with Crippen LogP contribution in [0.5, 0.6) is 5.75 Å². The van der Waals surface area contributed by atoms with Crippen molar-refractivity contribution in [1.82, 2.24) is 14.3 Å². The van der Waals surface area contributed by atoms with Crippen LogP contribution in [0.3, 0.4) is 0 Å². The van der Waals surface area contributed by atoms with Crippen molar-refractivity contribution in [3.8, 4) is 5.75 Å². The number of nitrogens with zero attached hydrogens (tertiary/aromatic N) is 2. The van der Waals surface area contributed by atoms with E-state index in [1.807, 2.05) is 0 Å². The Morgan fingerprint density at radius 3 is 2.80 bits per heavy atom. The van der Waals surface area contributed by atoms with Crippen LogP contribution in [0.1, 0.15) is 5.56 Å². The molecule has 0 aliphatic carbocycles. The van der Waals surface area contributed by atoms with Crippen molar-refractivity contribution in [2.24, 2.45) is 0 Å². The number of hydrogen-bond acceptors (Lipinski definition) is 5. The summed E-state index contributed by atoms with van der Waals surface area (Å²) in [6, 6.07) is 7.67. The molecular weight excluding hydrogens is 359 g/mol. The molecule has 1 aromatic carbocycles. The van der Waals surface area contributed by atoms with Crippen LogP contribution >= 0.6 is 11.5 Å². The second-order valence-corrected chi connectivity index (χ2v) is 5.84. The third-order valence-electron chi connectivity index (χ3n) is 3.12. The number of ether oxygens (including phenoxy) is 1. The maximum Gasteiger partial charge on any atom is 0.573 e. The zero-order valence-corrected chi connectivity index (χ0v) is 13.2. The highest BCUT2D eigenvalue weighted by molar-refractivity contribution is 7.14. The molecule has 0 radical (unpaired) electrons. The molecule has 0 aliphatic rings. The van der Waals surface area contributed by atoms with Crippen LogP contribution in [-0.2, 0) is 6.54 Å². The SMILES string of the molecule is O=C(NCc1cccc(OC(F)(F)F)c1)n1sc2ncccc2c1=O. The van der Waals surface area contributed by atoms with Gasteiger partial charge >= 0.3 is 12.4 Å². The number of fused-ring (bicyclic) bond motifs is 1. The third-order valence-corrected chi connectivity index (χ3v) is 4.14. The zero-order chi connectivity index (χ0) is 18.0. The topological polar surface area (TPSA) is 73.2 Å².